The van der Waals surface area contributed by atoms with E-state index in [9.17, 15) is 0 Å². The molecule has 0 radical (unpaired) electrons. The van der Waals surface area contributed by atoms with E-state index in [1.54, 1.807) is 0 Å². The number of benzene rings is 9. The molecule has 0 bridgehead atoms. The Bertz CT molecular complexity index is 4720. The first-order valence-electron chi connectivity index (χ1n) is 32.6. The summed E-state index contributed by atoms with van der Waals surface area (Å²) in [5, 5.41) is 4.92. The normalized spacial score (nSPS) is 18.6. The van der Waals surface area contributed by atoms with E-state index in [4.69, 9.17) is 4.42 Å². The van der Waals surface area contributed by atoms with E-state index in [1.165, 1.54) is 140 Å². The van der Waals surface area contributed by atoms with Gasteiger partial charge in [0, 0.05) is 60.3 Å². The molecule has 2 unspecified atom stereocenters. The van der Waals surface area contributed by atoms with Crippen LogP contribution in [0.15, 0.2) is 168 Å². The highest BCUT2D eigenvalue weighted by Crippen LogP contribution is 2.62. The second kappa shape index (κ2) is 19.0. The van der Waals surface area contributed by atoms with Crippen LogP contribution >= 0.6 is 11.3 Å². The zero-order chi connectivity index (χ0) is 61.7. The summed E-state index contributed by atoms with van der Waals surface area (Å²) in [5.74, 6) is 0. The molecule has 0 saturated heterocycles. The summed E-state index contributed by atoms with van der Waals surface area (Å²) in [4.78, 5) is 8.23. The Kier molecular flexibility index (Phi) is 12.3. The highest BCUT2D eigenvalue weighted by Gasteiger charge is 2.58. The van der Waals surface area contributed by atoms with Crippen molar-refractivity contribution in [1.29, 1.82) is 0 Å². The topological polar surface area (TPSA) is 22.9 Å². The van der Waals surface area contributed by atoms with Crippen LogP contribution in [-0.2, 0) is 32.5 Å². The first kappa shape index (κ1) is 56.9. The molecule has 11 aromatic rings. The van der Waals surface area contributed by atoms with Crippen molar-refractivity contribution < 1.29 is 4.42 Å². The number of nitrogens with zero attached hydrogens (tertiary/aromatic N) is 3. The molecule has 15 rings (SSSR count). The lowest BCUT2D eigenvalue weighted by atomic mass is 9.33. The fraction of sp³-hybridized carbons (Fsp3) is 0.341. The molecule has 3 aliphatic heterocycles. The Balaban J connectivity index is 1.09. The molecule has 5 heterocycles. The van der Waals surface area contributed by atoms with E-state index in [1.807, 2.05) is 11.3 Å². The Labute approximate surface area is 527 Å². The zero-order valence-corrected chi connectivity index (χ0v) is 56.0. The van der Waals surface area contributed by atoms with Gasteiger partial charge in [-0.2, -0.15) is 0 Å². The molecule has 0 N–H and O–H groups in total. The quantitative estimate of drug-likeness (QED) is 0.164. The van der Waals surface area contributed by atoms with Gasteiger partial charge in [0.15, 0.2) is 0 Å². The summed E-state index contributed by atoms with van der Waals surface area (Å²) in [6.07, 6.45) is 4.74. The van der Waals surface area contributed by atoms with Gasteiger partial charge in [0.1, 0.15) is 11.2 Å². The van der Waals surface area contributed by atoms with Crippen molar-refractivity contribution in [3.05, 3.63) is 197 Å². The van der Waals surface area contributed by atoms with E-state index in [0.717, 1.165) is 34.0 Å². The summed E-state index contributed by atoms with van der Waals surface area (Å²) >= 11 is 1.96. The number of hydrogen-bond donors (Lipinski definition) is 0. The second-order valence-electron chi connectivity index (χ2n) is 32.2. The van der Waals surface area contributed by atoms with Crippen molar-refractivity contribution in [3.63, 3.8) is 0 Å². The smallest absolute Gasteiger partial charge is 0.252 e. The van der Waals surface area contributed by atoms with Crippen LogP contribution in [0.3, 0.4) is 0 Å². The van der Waals surface area contributed by atoms with Crippen molar-refractivity contribution in [2.75, 3.05) is 14.7 Å². The molecule has 1 aliphatic carbocycles. The van der Waals surface area contributed by atoms with Gasteiger partial charge in [-0.1, -0.05) is 209 Å². The van der Waals surface area contributed by atoms with Gasteiger partial charge in [0.2, 0.25) is 0 Å². The summed E-state index contributed by atoms with van der Waals surface area (Å²) in [6, 6.07) is 64.8. The van der Waals surface area contributed by atoms with Crippen LogP contribution in [0.1, 0.15) is 177 Å². The molecule has 4 nitrogen and oxygen atoms in total. The van der Waals surface area contributed by atoms with Crippen LogP contribution < -0.4 is 31.1 Å². The van der Waals surface area contributed by atoms with Crippen molar-refractivity contribution >= 4 is 122 Å². The van der Waals surface area contributed by atoms with Gasteiger partial charge >= 0.3 is 0 Å². The number of anilines is 8. The van der Waals surface area contributed by atoms with Gasteiger partial charge in [-0.3, -0.25) is 0 Å². The highest BCUT2D eigenvalue weighted by atomic mass is 32.1. The molecule has 6 heteroatoms. The molecule has 4 aliphatic rings. The van der Waals surface area contributed by atoms with Crippen LogP contribution in [0.5, 0.6) is 0 Å². The minimum Gasteiger partial charge on any atom is -0.456 e. The molecule has 1 fully saturated rings. The second-order valence-corrected chi connectivity index (χ2v) is 33.2. The van der Waals surface area contributed by atoms with Crippen LogP contribution in [0, 0.1) is 0 Å². The maximum Gasteiger partial charge on any atom is 0.252 e. The molecule has 2 atom stereocenters. The van der Waals surface area contributed by atoms with Crippen LogP contribution in [0.2, 0.25) is 0 Å². The van der Waals surface area contributed by atoms with Gasteiger partial charge < -0.3 is 19.1 Å². The number of furan rings is 1. The Hall–Kier alpha value is -7.54. The van der Waals surface area contributed by atoms with Crippen LogP contribution in [0.25, 0.3) is 53.2 Å². The van der Waals surface area contributed by atoms with Gasteiger partial charge in [-0.15, -0.1) is 11.3 Å². The van der Waals surface area contributed by atoms with E-state index < -0.39 is 0 Å². The molecular weight excluding hydrogens is 1090 g/mol. The average Bonchev–Trinajstić information content (AvgIpc) is 1.47. The third kappa shape index (κ3) is 8.42. The van der Waals surface area contributed by atoms with Gasteiger partial charge in [-0.05, 0) is 181 Å². The largest absolute Gasteiger partial charge is 0.456 e. The van der Waals surface area contributed by atoms with Crippen molar-refractivity contribution in [2.45, 2.75) is 181 Å². The molecule has 9 aromatic carbocycles. The predicted octanol–water partition coefficient (Wildman–Crippen LogP) is 21.9. The van der Waals surface area contributed by atoms with Crippen molar-refractivity contribution in [3.8, 4) is 11.1 Å². The molecule has 1 saturated carbocycles. The summed E-state index contributed by atoms with van der Waals surface area (Å²) < 4.78 is 9.64. The number of fused-ring (bicyclic) bond motifs is 14. The number of thiophene rings is 1. The molecule has 444 valence electrons. The lowest BCUT2D eigenvalue weighted by Gasteiger charge is -2.51. The van der Waals surface area contributed by atoms with E-state index in [-0.39, 0.29) is 44.7 Å². The van der Waals surface area contributed by atoms with Gasteiger partial charge in [0.25, 0.3) is 6.71 Å². The van der Waals surface area contributed by atoms with Gasteiger partial charge in [-0.25, -0.2) is 0 Å². The minimum absolute atomic E-state index is 0.00118. The van der Waals surface area contributed by atoms with E-state index in [0.29, 0.717) is 0 Å². The number of hydrogen-bond acceptors (Lipinski definition) is 5. The Morgan fingerprint density at radius 2 is 1.05 bits per heavy atom. The van der Waals surface area contributed by atoms with Crippen LogP contribution in [-0.4, -0.2) is 12.3 Å². The highest BCUT2D eigenvalue weighted by molar-refractivity contribution is 7.26. The zero-order valence-electron chi connectivity index (χ0n) is 55.2. The lowest BCUT2D eigenvalue weighted by Crippen LogP contribution is -2.61. The average molecular weight is 1170 g/mol. The minimum atomic E-state index is -0.229. The third-order valence-electron chi connectivity index (χ3n) is 21.4. The molecule has 88 heavy (non-hydrogen) atoms. The first-order valence-corrected chi connectivity index (χ1v) is 33.4. The Morgan fingerprint density at radius 1 is 0.443 bits per heavy atom. The van der Waals surface area contributed by atoms with E-state index in [2.05, 4.69) is 296 Å². The van der Waals surface area contributed by atoms with Crippen molar-refractivity contribution in [2.24, 2.45) is 0 Å². The lowest BCUT2D eigenvalue weighted by molar-refractivity contribution is 0.195. The van der Waals surface area contributed by atoms with Crippen molar-refractivity contribution in [1.82, 2.24) is 0 Å². The standard InChI is InChI=1S/C82H86BN3OS/c1-76(2,3)50-28-36-63(57(42-50)49-24-19-18-20-25-49)85-68-47-54(80(13,14)15)46-67-73(68)83(62-35-33-56-58-43-52(78(7,8)9)31-39-71(58)88-75(56)74(62)85)61-34-32-55(86-64-37-29-53(79(10,11)12)45-60(64)81(16)40-21-22-41-82(81,86)17)48-66(61)84(67)65-26-23-27-70-72(65)59-44-51(77(4,5)6)30-38-69(59)87-70/h18-20,23-39,42-48H,21-22,40-41H2,1-17H3. The fourth-order valence-corrected chi connectivity index (χ4v) is 17.2. The number of rotatable bonds is 4. The third-order valence-corrected chi connectivity index (χ3v) is 22.6. The van der Waals surface area contributed by atoms with E-state index >= 15 is 0 Å². The predicted molar refractivity (Wildman–Crippen MR) is 382 cm³/mol. The summed E-state index contributed by atoms with van der Waals surface area (Å²) in [7, 11) is 0. The first-order chi connectivity index (χ1) is 41.5. The van der Waals surface area contributed by atoms with Gasteiger partial charge in [0.05, 0.1) is 32.7 Å². The molecule has 2 aromatic heterocycles. The molecule has 0 amide bonds. The molecule has 0 spiro atoms. The maximum absolute atomic E-state index is 7.00. The maximum atomic E-state index is 7.00. The van der Waals surface area contributed by atoms with Crippen LogP contribution in [0.4, 0.5) is 45.5 Å². The Morgan fingerprint density at radius 3 is 1.74 bits per heavy atom. The summed E-state index contributed by atoms with van der Waals surface area (Å²) in [6.45, 7) is 40.4. The SMILES string of the molecule is CC(C)(C)c1ccc(N2c3cc(C(C)(C)C)cc4c3B(c3ccc(N5c6ccc(C(C)(C)C)cc6C6(C)CCCCC56C)cc3N4c3cccc4oc5ccc(C(C)(C)C)cc5c34)c3ccc4c(sc5ccc(C(C)(C)C)cc54)c32)c(-c2ccccc2)c1. The monoisotopic (exact) mass is 1170 g/mol. The fourth-order valence-electron chi connectivity index (χ4n) is 16.0. The molecular formula is C82H86BN3OS. The summed E-state index contributed by atoms with van der Waals surface area (Å²) in [5.41, 5.74) is 25.7.